The van der Waals surface area contributed by atoms with Crippen molar-refractivity contribution in [1.29, 1.82) is 0 Å². The van der Waals surface area contributed by atoms with Crippen LogP contribution >= 0.6 is 0 Å². The third-order valence-electron chi connectivity index (χ3n) is 7.01. The molecule has 6 rings (SSSR count). The molecule has 1 aromatic carbocycles. The molecule has 140 valence electrons. The summed E-state index contributed by atoms with van der Waals surface area (Å²) in [7, 11) is 0. The minimum absolute atomic E-state index is 0.249. The van der Waals surface area contributed by atoms with E-state index in [9.17, 15) is 19.5 Å². The van der Waals surface area contributed by atoms with E-state index in [0.29, 0.717) is 5.69 Å². The number of nitrogens with one attached hydrogen (secondary N) is 1. The number of aromatic amines is 1. The summed E-state index contributed by atoms with van der Waals surface area (Å²) in [6, 6.07) is 7.67. The highest BCUT2D eigenvalue weighted by atomic mass is 16.3. The fraction of sp³-hybridized carbons (Fsp3) is 0.476. The molecule has 0 unspecified atom stereocenters. The van der Waals surface area contributed by atoms with Crippen LogP contribution in [0.4, 0.5) is 0 Å². The molecule has 0 amide bonds. The second-order valence-electron chi connectivity index (χ2n) is 8.69. The topological polar surface area (TPSA) is 92.2 Å². The van der Waals surface area contributed by atoms with Gasteiger partial charge < -0.3 is 5.11 Å². The maximum absolute atomic E-state index is 12.2. The number of benzene rings is 1. The first-order valence-electron chi connectivity index (χ1n) is 9.63. The van der Waals surface area contributed by atoms with Crippen molar-refractivity contribution in [1.82, 2.24) is 9.55 Å². The summed E-state index contributed by atoms with van der Waals surface area (Å²) in [6.45, 7) is 0. The molecule has 0 radical (unpaired) electrons. The van der Waals surface area contributed by atoms with Gasteiger partial charge in [0.1, 0.15) is 5.56 Å². The molecular weight excluding hydrogens is 344 g/mol. The van der Waals surface area contributed by atoms with Gasteiger partial charge in [0.2, 0.25) is 5.88 Å². The van der Waals surface area contributed by atoms with Gasteiger partial charge in [0.25, 0.3) is 5.56 Å². The van der Waals surface area contributed by atoms with Crippen molar-refractivity contribution >= 4 is 6.29 Å². The molecule has 0 atom stereocenters. The van der Waals surface area contributed by atoms with Gasteiger partial charge in [0, 0.05) is 0 Å². The van der Waals surface area contributed by atoms with Crippen LogP contribution in [0.5, 0.6) is 5.88 Å². The number of carbonyl (C=O) groups excluding carboxylic acids is 1. The molecule has 2 N–H and O–H groups in total. The van der Waals surface area contributed by atoms with Gasteiger partial charge in [-0.05, 0) is 79.4 Å². The quantitative estimate of drug-likeness (QED) is 0.817. The Bertz CT molecular complexity index is 996. The van der Waals surface area contributed by atoms with Crippen LogP contribution in [0.15, 0.2) is 33.9 Å². The smallest absolute Gasteiger partial charge is 0.335 e. The van der Waals surface area contributed by atoms with Crippen LogP contribution in [0.25, 0.3) is 5.69 Å². The van der Waals surface area contributed by atoms with Gasteiger partial charge in [-0.25, -0.2) is 9.36 Å². The van der Waals surface area contributed by atoms with E-state index in [-0.39, 0.29) is 11.7 Å². The van der Waals surface area contributed by atoms with Crippen LogP contribution in [0, 0.1) is 17.8 Å². The lowest BCUT2D eigenvalue weighted by Gasteiger charge is -2.57. The first-order valence-corrected chi connectivity index (χ1v) is 9.63. The lowest BCUT2D eigenvalue weighted by Crippen LogP contribution is -2.48. The lowest BCUT2D eigenvalue weighted by atomic mass is 9.48. The Balaban J connectivity index is 1.55. The van der Waals surface area contributed by atoms with E-state index in [1.54, 1.807) is 12.1 Å². The van der Waals surface area contributed by atoms with Crippen molar-refractivity contribution in [2.45, 2.75) is 43.9 Å². The Hall–Kier alpha value is -2.63. The molecule has 0 aliphatic heterocycles. The average molecular weight is 366 g/mol. The average Bonchev–Trinajstić information content (AvgIpc) is 2.61. The van der Waals surface area contributed by atoms with Crippen molar-refractivity contribution in [2.24, 2.45) is 17.8 Å². The number of H-pyrrole nitrogens is 1. The standard InChI is InChI=1S/C21H22N2O4/c24-11-17-18(25)22-20(27)23(19(17)26)16-3-1-15(2-4-16)21-8-12-5-13(9-21)7-14(6-12)10-21/h1-4,11-14,26H,5-10H2,(H,22,25,27). The molecule has 4 fully saturated rings. The van der Waals surface area contributed by atoms with Gasteiger partial charge in [-0.2, -0.15) is 0 Å². The summed E-state index contributed by atoms with van der Waals surface area (Å²) in [5, 5.41) is 10.2. The predicted molar refractivity (Wildman–Crippen MR) is 99.6 cm³/mol. The van der Waals surface area contributed by atoms with Crippen LogP contribution in [0.3, 0.4) is 0 Å². The van der Waals surface area contributed by atoms with E-state index in [0.717, 1.165) is 22.3 Å². The summed E-state index contributed by atoms with van der Waals surface area (Å²) in [5.41, 5.74) is -0.0956. The molecule has 6 nitrogen and oxygen atoms in total. The minimum Gasteiger partial charge on any atom is -0.493 e. The SMILES string of the molecule is O=Cc1c(O)n(-c2ccc(C34CC5CC(CC(C5)C3)C4)cc2)c(=O)[nH]c1=O. The third kappa shape index (κ3) is 2.42. The molecular formula is C21H22N2O4. The molecule has 4 saturated carbocycles. The van der Waals surface area contributed by atoms with E-state index in [4.69, 9.17) is 0 Å². The van der Waals surface area contributed by atoms with E-state index < -0.39 is 22.7 Å². The number of aromatic nitrogens is 2. The van der Waals surface area contributed by atoms with E-state index >= 15 is 0 Å². The summed E-state index contributed by atoms with van der Waals surface area (Å²) >= 11 is 0. The highest BCUT2D eigenvalue weighted by molar-refractivity contribution is 5.77. The Morgan fingerprint density at radius 1 is 1.00 bits per heavy atom. The summed E-state index contributed by atoms with van der Waals surface area (Å²) in [6.07, 6.45) is 8.14. The molecule has 4 aliphatic carbocycles. The van der Waals surface area contributed by atoms with Crippen molar-refractivity contribution < 1.29 is 9.90 Å². The molecule has 27 heavy (non-hydrogen) atoms. The number of rotatable bonds is 3. The Morgan fingerprint density at radius 2 is 1.56 bits per heavy atom. The van der Waals surface area contributed by atoms with Gasteiger partial charge in [-0.3, -0.25) is 14.6 Å². The molecule has 2 aromatic rings. The van der Waals surface area contributed by atoms with Crippen LogP contribution in [0.2, 0.25) is 0 Å². The van der Waals surface area contributed by atoms with Crippen LogP contribution in [0.1, 0.15) is 54.4 Å². The number of aldehydes is 1. The lowest BCUT2D eigenvalue weighted by molar-refractivity contribution is -0.00518. The van der Waals surface area contributed by atoms with Crippen molar-refractivity contribution in [3.05, 3.63) is 56.2 Å². The van der Waals surface area contributed by atoms with Gasteiger partial charge in [0.05, 0.1) is 5.69 Å². The zero-order valence-corrected chi connectivity index (χ0v) is 15.0. The van der Waals surface area contributed by atoms with E-state index in [1.807, 2.05) is 12.1 Å². The molecule has 1 heterocycles. The van der Waals surface area contributed by atoms with Crippen LogP contribution in [-0.2, 0) is 5.41 Å². The number of aromatic hydroxyl groups is 1. The summed E-state index contributed by atoms with van der Waals surface area (Å²) in [4.78, 5) is 36.9. The van der Waals surface area contributed by atoms with Crippen molar-refractivity contribution in [3.8, 4) is 11.6 Å². The molecule has 1 aromatic heterocycles. The van der Waals surface area contributed by atoms with Crippen molar-refractivity contribution in [3.63, 3.8) is 0 Å². The van der Waals surface area contributed by atoms with Crippen molar-refractivity contribution in [2.75, 3.05) is 0 Å². The second-order valence-corrected chi connectivity index (χ2v) is 8.69. The van der Waals surface area contributed by atoms with Crippen LogP contribution < -0.4 is 11.2 Å². The first-order chi connectivity index (χ1) is 13.0. The van der Waals surface area contributed by atoms with Gasteiger partial charge in [-0.15, -0.1) is 0 Å². The monoisotopic (exact) mass is 366 g/mol. The number of hydrogen-bond acceptors (Lipinski definition) is 4. The summed E-state index contributed by atoms with van der Waals surface area (Å²) in [5.74, 6) is 1.91. The first kappa shape index (κ1) is 16.5. The number of nitrogens with zero attached hydrogens (tertiary/aromatic N) is 1. The molecule has 4 aliphatic rings. The van der Waals surface area contributed by atoms with E-state index in [2.05, 4.69) is 4.98 Å². The predicted octanol–water partition coefficient (Wildman–Crippen LogP) is 2.51. The number of carbonyl (C=O) groups is 1. The normalized spacial score (nSPS) is 31.2. The zero-order valence-electron chi connectivity index (χ0n) is 15.0. The maximum Gasteiger partial charge on any atom is 0.335 e. The highest BCUT2D eigenvalue weighted by Crippen LogP contribution is 2.60. The van der Waals surface area contributed by atoms with Gasteiger partial charge in [-0.1, -0.05) is 12.1 Å². The highest BCUT2D eigenvalue weighted by Gasteiger charge is 2.51. The maximum atomic E-state index is 12.2. The number of hydrogen-bond donors (Lipinski definition) is 2. The van der Waals surface area contributed by atoms with Gasteiger partial charge in [0.15, 0.2) is 6.29 Å². The molecule has 6 heteroatoms. The largest absolute Gasteiger partial charge is 0.493 e. The zero-order chi connectivity index (χ0) is 18.8. The molecule has 0 spiro atoms. The Kier molecular flexibility index (Phi) is 3.48. The molecule has 4 bridgehead atoms. The van der Waals surface area contributed by atoms with E-state index in [1.165, 1.54) is 44.1 Å². The van der Waals surface area contributed by atoms with Crippen LogP contribution in [-0.4, -0.2) is 20.9 Å². The Morgan fingerprint density at radius 3 is 2.07 bits per heavy atom. The third-order valence-corrected chi connectivity index (χ3v) is 7.01. The minimum atomic E-state index is -0.881. The Labute approximate surface area is 155 Å². The second kappa shape index (κ2) is 5.68. The fourth-order valence-electron chi connectivity index (χ4n) is 6.31. The summed E-state index contributed by atoms with van der Waals surface area (Å²) < 4.78 is 0.967. The van der Waals surface area contributed by atoms with Gasteiger partial charge >= 0.3 is 5.69 Å². The fourth-order valence-corrected chi connectivity index (χ4v) is 6.31. The molecule has 0 saturated heterocycles.